The number of benzene rings is 2. The molecule has 0 saturated carbocycles. The van der Waals surface area contributed by atoms with Crippen molar-refractivity contribution in [2.24, 2.45) is 0 Å². The average Bonchev–Trinajstić information content (AvgIpc) is 3.00. The van der Waals surface area contributed by atoms with Gasteiger partial charge in [0.05, 0.1) is 19.8 Å². The number of rotatable bonds is 4. The Morgan fingerprint density at radius 2 is 1.82 bits per heavy atom. The zero-order valence-electron chi connectivity index (χ0n) is 16.7. The number of amides is 1. The lowest BCUT2D eigenvalue weighted by atomic mass is 10.0. The van der Waals surface area contributed by atoms with Crippen molar-refractivity contribution < 1.29 is 14.3 Å². The fourth-order valence-corrected chi connectivity index (χ4v) is 4.16. The minimum Gasteiger partial charge on any atom is -0.490 e. The van der Waals surface area contributed by atoms with Gasteiger partial charge in [-0.05, 0) is 62.1 Å². The number of likely N-dealkylation sites (tertiary alicyclic amines) is 1. The zero-order valence-corrected chi connectivity index (χ0v) is 16.7. The molecule has 0 aliphatic carbocycles. The van der Waals surface area contributed by atoms with Gasteiger partial charge < -0.3 is 14.8 Å². The minimum absolute atomic E-state index is 0.0404. The highest BCUT2D eigenvalue weighted by Crippen LogP contribution is 2.37. The van der Waals surface area contributed by atoms with E-state index in [1.54, 1.807) is 0 Å². The molecule has 0 radical (unpaired) electrons. The van der Waals surface area contributed by atoms with Crippen LogP contribution in [0.3, 0.4) is 0 Å². The Labute approximate surface area is 166 Å². The van der Waals surface area contributed by atoms with Gasteiger partial charge in [0.25, 0.3) is 0 Å². The highest BCUT2D eigenvalue weighted by molar-refractivity contribution is 5.93. The number of anilines is 1. The largest absolute Gasteiger partial charge is 0.490 e. The number of ether oxygens (including phenoxy) is 2. The lowest BCUT2D eigenvalue weighted by molar-refractivity contribution is -0.117. The molecule has 0 spiro atoms. The quantitative estimate of drug-likeness (QED) is 0.862. The normalized spacial score (nSPS) is 19.3. The second kappa shape index (κ2) is 8.23. The van der Waals surface area contributed by atoms with Crippen LogP contribution in [0.5, 0.6) is 11.5 Å². The van der Waals surface area contributed by atoms with E-state index in [0.29, 0.717) is 19.8 Å². The molecule has 2 heterocycles. The van der Waals surface area contributed by atoms with Crippen LogP contribution in [0.25, 0.3) is 0 Å². The van der Waals surface area contributed by atoms with Gasteiger partial charge in [-0.2, -0.15) is 0 Å². The summed E-state index contributed by atoms with van der Waals surface area (Å²) in [7, 11) is 0. The summed E-state index contributed by atoms with van der Waals surface area (Å²) < 4.78 is 11.6. The molecule has 1 N–H and O–H groups in total. The number of nitrogens with zero attached hydrogens (tertiary/aromatic N) is 1. The number of hydrogen-bond donors (Lipinski definition) is 1. The molecular formula is C23H28N2O3. The van der Waals surface area contributed by atoms with Gasteiger partial charge in [-0.15, -0.1) is 0 Å². The molecule has 4 rings (SSSR count). The summed E-state index contributed by atoms with van der Waals surface area (Å²) in [6.07, 6.45) is 3.05. The first-order valence-corrected chi connectivity index (χ1v) is 10.1. The zero-order chi connectivity index (χ0) is 19.5. The van der Waals surface area contributed by atoms with Crippen LogP contribution in [0.4, 0.5) is 5.69 Å². The number of carbonyl (C=O) groups excluding carboxylic acids is 1. The Bertz CT molecular complexity index is 845. The third-order valence-corrected chi connectivity index (χ3v) is 5.61. The molecule has 1 amide bonds. The van der Waals surface area contributed by atoms with E-state index < -0.39 is 0 Å². The predicted octanol–water partition coefficient (Wildman–Crippen LogP) is 4.24. The second-order valence-corrected chi connectivity index (χ2v) is 7.70. The Hall–Kier alpha value is -2.53. The van der Waals surface area contributed by atoms with E-state index in [1.165, 1.54) is 5.56 Å². The molecule has 0 unspecified atom stereocenters. The monoisotopic (exact) mass is 380 g/mol. The molecule has 5 nitrogen and oxygen atoms in total. The van der Waals surface area contributed by atoms with Gasteiger partial charge in [0.1, 0.15) is 0 Å². The summed E-state index contributed by atoms with van der Waals surface area (Å²) in [6.45, 7) is 6.76. The van der Waals surface area contributed by atoms with E-state index in [2.05, 4.69) is 22.3 Å². The fraction of sp³-hybridized carbons (Fsp3) is 0.435. The van der Waals surface area contributed by atoms with Crippen molar-refractivity contribution in [1.29, 1.82) is 0 Å². The van der Waals surface area contributed by atoms with Gasteiger partial charge in [0.2, 0.25) is 5.91 Å². The SMILES string of the molecule is Cc1cccc(C)c1NC(=O)CN1CCC[C@H]1c1ccc2c(c1)OCCCO2. The van der Waals surface area contributed by atoms with E-state index in [4.69, 9.17) is 9.47 Å². The summed E-state index contributed by atoms with van der Waals surface area (Å²) in [5.74, 6) is 1.68. The van der Waals surface area contributed by atoms with Crippen LogP contribution in [0.15, 0.2) is 36.4 Å². The molecule has 28 heavy (non-hydrogen) atoms. The molecule has 2 aromatic rings. The van der Waals surface area contributed by atoms with E-state index in [1.807, 2.05) is 38.1 Å². The third kappa shape index (κ3) is 3.99. The van der Waals surface area contributed by atoms with Crippen molar-refractivity contribution in [3.05, 3.63) is 53.1 Å². The van der Waals surface area contributed by atoms with Crippen LogP contribution in [-0.4, -0.2) is 37.1 Å². The van der Waals surface area contributed by atoms with Gasteiger partial charge in [-0.3, -0.25) is 9.69 Å². The molecule has 0 aromatic heterocycles. The Balaban J connectivity index is 1.46. The maximum atomic E-state index is 12.7. The first-order valence-electron chi connectivity index (χ1n) is 10.1. The third-order valence-electron chi connectivity index (χ3n) is 5.61. The molecule has 2 aromatic carbocycles. The van der Waals surface area contributed by atoms with Crippen molar-refractivity contribution in [3.63, 3.8) is 0 Å². The second-order valence-electron chi connectivity index (χ2n) is 7.70. The first-order chi connectivity index (χ1) is 13.6. The Morgan fingerprint density at radius 1 is 1.07 bits per heavy atom. The van der Waals surface area contributed by atoms with Crippen LogP contribution in [-0.2, 0) is 4.79 Å². The number of carbonyl (C=O) groups is 1. The highest BCUT2D eigenvalue weighted by Gasteiger charge is 2.28. The van der Waals surface area contributed by atoms with E-state index in [-0.39, 0.29) is 11.9 Å². The number of aryl methyl sites for hydroxylation is 2. The van der Waals surface area contributed by atoms with E-state index in [9.17, 15) is 4.79 Å². The number of nitrogens with one attached hydrogen (secondary N) is 1. The van der Waals surface area contributed by atoms with E-state index >= 15 is 0 Å². The molecule has 1 fully saturated rings. The molecular weight excluding hydrogens is 352 g/mol. The fourth-order valence-electron chi connectivity index (χ4n) is 4.16. The van der Waals surface area contributed by atoms with Crippen molar-refractivity contribution in [3.8, 4) is 11.5 Å². The molecule has 5 heteroatoms. The molecule has 2 aliphatic heterocycles. The maximum absolute atomic E-state index is 12.7. The first kappa shape index (κ1) is 18.8. The van der Waals surface area contributed by atoms with Crippen molar-refractivity contribution in [2.45, 2.75) is 39.2 Å². The van der Waals surface area contributed by atoms with Gasteiger partial charge in [-0.1, -0.05) is 24.3 Å². The molecule has 1 saturated heterocycles. The Kier molecular flexibility index (Phi) is 5.53. The van der Waals surface area contributed by atoms with Crippen molar-refractivity contribution >= 4 is 11.6 Å². The number of hydrogen-bond acceptors (Lipinski definition) is 4. The molecule has 148 valence electrons. The minimum atomic E-state index is 0.0404. The average molecular weight is 380 g/mol. The number of fused-ring (bicyclic) bond motifs is 1. The van der Waals surface area contributed by atoms with Gasteiger partial charge in [-0.25, -0.2) is 0 Å². The van der Waals surface area contributed by atoms with Crippen molar-refractivity contribution in [1.82, 2.24) is 4.90 Å². The summed E-state index contributed by atoms with van der Waals surface area (Å²) in [4.78, 5) is 15.0. The lowest BCUT2D eigenvalue weighted by Gasteiger charge is -2.25. The summed E-state index contributed by atoms with van der Waals surface area (Å²) in [6, 6.07) is 12.5. The summed E-state index contributed by atoms with van der Waals surface area (Å²) in [5.41, 5.74) is 4.31. The van der Waals surface area contributed by atoms with Crippen LogP contribution >= 0.6 is 0 Å². The molecule has 0 bridgehead atoms. The standard InChI is InChI=1S/C23H28N2O3/c1-16-6-3-7-17(2)23(16)24-22(26)15-25-11-4-8-19(25)18-9-10-20-21(14-18)28-13-5-12-27-20/h3,6-7,9-10,14,19H,4-5,8,11-13,15H2,1-2H3,(H,24,26)/t19-/m0/s1. The van der Waals surface area contributed by atoms with Gasteiger partial charge in [0, 0.05) is 18.2 Å². The van der Waals surface area contributed by atoms with Crippen LogP contribution in [0.1, 0.15) is 42.0 Å². The van der Waals surface area contributed by atoms with Gasteiger partial charge in [0.15, 0.2) is 11.5 Å². The predicted molar refractivity (Wildman–Crippen MR) is 110 cm³/mol. The molecule has 2 aliphatic rings. The van der Waals surface area contributed by atoms with E-state index in [0.717, 1.165) is 54.1 Å². The lowest BCUT2D eigenvalue weighted by Crippen LogP contribution is -2.33. The van der Waals surface area contributed by atoms with Crippen molar-refractivity contribution in [2.75, 3.05) is 31.6 Å². The molecule has 1 atom stereocenters. The van der Waals surface area contributed by atoms with Crippen LogP contribution in [0, 0.1) is 13.8 Å². The summed E-state index contributed by atoms with van der Waals surface area (Å²) in [5, 5.41) is 3.11. The van der Waals surface area contributed by atoms with Crippen LogP contribution < -0.4 is 14.8 Å². The van der Waals surface area contributed by atoms with Crippen LogP contribution in [0.2, 0.25) is 0 Å². The number of para-hydroxylation sites is 1. The smallest absolute Gasteiger partial charge is 0.238 e. The van der Waals surface area contributed by atoms with Gasteiger partial charge >= 0.3 is 0 Å². The maximum Gasteiger partial charge on any atom is 0.238 e. The highest BCUT2D eigenvalue weighted by atomic mass is 16.5. The topological polar surface area (TPSA) is 50.8 Å². The Morgan fingerprint density at radius 3 is 2.61 bits per heavy atom. The summed E-state index contributed by atoms with van der Waals surface area (Å²) >= 11 is 0.